The molecule has 8 nitrogen and oxygen atoms in total. The number of urea groups is 1. The van der Waals surface area contributed by atoms with Crippen LogP contribution < -0.4 is 24.4 Å². The van der Waals surface area contributed by atoms with E-state index in [9.17, 15) is 14.7 Å². The van der Waals surface area contributed by atoms with Gasteiger partial charge in [-0.3, -0.25) is 9.69 Å². The number of aliphatic carboxylic acids is 1. The van der Waals surface area contributed by atoms with Crippen LogP contribution in [0, 0.1) is 0 Å². The first-order valence-corrected chi connectivity index (χ1v) is 9.13. The molecule has 1 aliphatic rings. The van der Waals surface area contributed by atoms with Crippen molar-refractivity contribution in [3.05, 3.63) is 42.0 Å². The van der Waals surface area contributed by atoms with E-state index in [0.717, 1.165) is 0 Å². The number of benzene rings is 2. The number of carboxylic acid groups (broad SMARTS) is 1. The van der Waals surface area contributed by atoms with E-state index in [0.29, 0.717) is 40.6 Å². The third-order valence-corrected chi connectivity index (χ3v) is 5.02. The van der Waals surface area contributed by atoms with Crippen molar-refractivity contribution in [2.45, 2.75) is 25.3 Å². The summed E-state index contributed by atoms with van der Waals surface area (Å²) >= 11 is 0. The van der Waals surface area contributed by atoms with E-state index in [1.165, 1.54) is 21.3 Å². The monoisotopic (exact) mass is 400 g/mol. The van der Waals surface area contributed by atoms with Crippen LogP contribution in [0.15, 0.2) is 36.4 Å². The Morgan fingerprint density at radius 3 is 2.24 bits per heavy atom. The lowest BCUT2D eigenvalue weighted by atomic mass is 9.86. The quantitative estimate of drug-likeness (QED) is 0.794. The number of amides is 2. The molecule has 0 fully saturated rings. The van der Waals surface area contributed by atoms with Crippen molar-refractivity contribution in [3.8, 4) is 17.2 Å². The molecule has 3 rings (SSSR count). The molecule has 2 N–H and O–H groups in total. The van der Waals surface area contributed by atoms with Crippen LogP contribution in [0.4, 0.5) is 16.2 Å². The molecule has 0 spiro atoms. The largest absolute Gasteiger partial charge is 0.493 e. The van der Waals surface area contributed by atoms with Gasteiger partial charge in [-0.2, -0.15) is 0 Å². The summed E-state index contributed by atoms with van der Waals surface area (Å²) in [5.41, 5.74) is 1.68. The van der Waals surface area contributed by atoms with E-state index in [-0.39, 0.29) is 12.1 Å². The fraction of sp³-hybridized carbons (Fsp3) is 0.333. The Kier molecular flexibility index (Phi) is 5.81. The van der Waals surface area contributed by atoms with Gasteiger partial charge in [-0.25, -0.2) is 4.79 Å². The molecular weight excluding hydrogens is 376 g/mol. The van der Waals surface area contributed by atoms with Crippen molar-refractivity contribution >= 4 is 23.4 Å². The summed E-state index contributed by atoms with van der Waals surface area (Å²) < 4.78 is 16.0. The molecule has 0 aliphatic carbocycles. The molecule has 29 heavy (non-hydrogen) atoms. The first-order chi connectivity index (χ1) is 13.9. The van der Waals surface area contributed by atoms with Crippen molar-refractivity contribution in [2.75, 3.05) is 31.5 Å². The van der Waals surface area contributed by atoms with Crippen LogP contribution in [0.3, 0.4) is 0 Å². The number of hydrogen-bond donors (Lipinski definition) is 2. The molecule has 1 aliphatic heterocycles. The Morgan fingerprint density at radius 1 is 1.07 bits per heavy atom. The third-order valence-electron chi connectivity index (χ3n) is 5.02. The number of nitrogens with one attached hydrogen (secondary N) is 1. The second kappa shape index (κ2) is 8.30. The first-order valence-electron chi connectivity index (χ1n) is 9.13. The van der Waals surface area contributed by atoms with Crippen molar-refractivity contribution in [1.29, 1.82) is 0 Å². The number of carbonyl (C=O) groups is 2. The Hall–Kier alpha value is -3.42. The number of nitrogens with zero attached hydrogens (tertiary/aromatic N) is 1. The Bertz CT molecular complexity index is 904. The average Bonchev–Trinajstić information content (AvgIpc) is 2.71. The molecule has 0 bridgehead atoms. The lowest BCUT2D eigenvalue weighted by molar-refractivity contribution is -0.139. The van der Waals surface area contributed by atoms with Crippen molar-refractivity contribution in [2.24, 2.45) is 0 Å². The van der Waals surface area contributed by atoms with E-state index in [4.69, 9.17) is 14.2 Å². The van der Waals surface area contributed by atoms with Gasteiger partial charge in [-0.05, 0) is 25.0 Å². The van der Waals surface area contributed by atoms with Crippen LogP contribution in [-0.2, 0) is 4.79 Å². The topological polar surface area (TPSA) is 97.3 Å². The maximum absolute atomic E-state index is 13.1. The second-order valence-electron chi connectivity index (χ2n) is 6.75. The fourth-order valence-electron chi connectivity index (χ4n) is 3.69. The molecule has 0 aromatic heterocycles. The zero-order chi connectivity index (χ0) is 21.1. The number of carbonyl (C=O) groups excluding carboxylic acids is 1. The van der Waals surface area contributed by atoms with Gasteiger partial charge >= 0.3 is 12.0 Å². The summed E-state index contributed by atoms with van der Waals surface area (Å²) in [6.07, 6.45) is 0.328. The van der Waals surface area contributed by atoms with Gasteiger partial charge < -0.3 is 24.6 Å². The third kappa shape index (κ3) is 3.78. The van der Waals surface area contributed by atoms with Gasteiger partial charge in [0, 0.05) is 23.9 Å². The van der Waals surface area contributed by atoms with Crippen molar-refractivity contribution in [1.82, 2.24) is 0 Å². The second-order valence-corrected chi connectivity index (χ2v) is 6.75. The molecule has 0 saturated heterocycles. The number of fused-ring (bicyclic) bond motifs is 1. The minimum absolute atomic E-state index is 0.298. The average molecular weight is 400 g/mol. The molecule has 2 aromatic rings. The summed E-state index contributed by atoms with van der Waals surface area (Å²) in [6.45, 7) is 1.83. The molecule has 2 aromatic carbocycles. The number of anilines is 2. The minimum Gasteiger partial charge on any atom is -0.493 e. The molecule has 2 atom stereocenters. The predicted molar refractivity (Wildman–Crippen MR) is 108 cm³/mol. The van der Waals surface area contributed by atoms with Crippen LogP contribution in [0.25, 0.3) is 0 Å². The highest BCUT2D eigenvalue weighted by Crippen LogP contribution is 2.41. The van der Waals surface area contributed by atoms with E-state index >= 15 is 0 Å². The van der Waals surface area contributed by atoms with Crippen LogP contribution in [0.2, 0.25) is 0 Å². The first kappa shape index (κ1) is 20.3. The fourth-order valence-corrected chi connectivity index (χ4v) is 3.69. The minimum atomic E-state index is -0.894. The lowest BCUT2D eigenvalue weighted by Crippen LogP contribution is -2.46. The smallest absolute Gasteiger partial charge is 0.326 e. The summed E-state index contributed by atoms with van der Waals surface area (Å²) in [7, 11) is 4.50. The molecule has 8 heteroatoms. The van der Waals surface area contributed by atoms with E-state index in [2.05, 4.69) is 5.32 Å². The van der Waals surface area contributed by atoms with Gasteiger partial charge in [0.1, 0.15) is 0 Å². The van der Waals surface area contributed by atoms with Crippen LogP contribution >= 0.6 is 0 Å². The molecular formula is C21H24N2O6. The maximum Gasteiger partial charge on any atom is 0.326 e. The highest BCUT2D eigenvalue weighted by atomic mass is 16.5. The zero-order valence-electron chi connectivity index (χ0n) is 16.8. The number of methoxy groups -OCH3 is 3. The maximum atomic E-state index is 13.1. The zero-order valence-corrected chi connectivity index (χ0v) is 16.8. The van der Waals surface area contributed by atoms with Gasteiger partial charge in [0.25, 0.3) is 0 Å². The van der Waals surface area contributed by atoms with Gasteiger partial charge in [0.05, 0.1) is 32.9 Å². The number of ether oxygens (including phenoxy) is 3. The molecule has 0 radical (unpaired) electrons. The number of carboxylic acids is 1. The Balaban J connectivity index is 1.95. The standard InChI is InChI=1S/C21H24N2O6/c1-12-9-15(20(24)25)14-7-5-6-8-16(14)23(12)21(26)22-13-10-17(27-2)19(29-4)18(11-13)28-3/h5-8,10-12,15H,9H2,1-4H3,(H,22,26)(H,24,25). The van der Waals surface area contributed by atoms with E-state index < -0.39 is 11.9 Å². The van der Waals surface area contributed by atoms with Gasteiger partial charge in [-0.1, -0.05) is 18.2 Å². The normalized spacial score (nSPS) is 17.9. The van der Waals surface area contributed by atoms with Gasteiger partial charge in [0.2, 0.25) is 5.75 Å². The Morgan fingerprint density at radius 2 is 1.69 bits per heavy atom. The lowest BCUT2D eigenvalue weighted by Gasteiger charge is -2.37. The summed E-state index contributed by atoms with van der Waals surface area (Å²) in [4.78, 5) is 26.4. The Labute approximate surface area is 169 Å². The number of hydrogen-bond acceptors (Lipinski definition) is 5. The van der Waals surface area contributed by atoms with Crippen LogP contribution in [0.1, 0.15) is 24.8 Å². The molecule has 1 heterocycles. The van der Waals surface area contributed by atoms with Gasteiger partial charge in [0.15, 0.2) is 11.5 Å². The molecule has 154 valence electrons. The highest BCUT2D eigenvalue weighted by molar-refractivity contribution is 6.04. The molecule has 0 saturated carbocycles. The summed E-state index contributed by atoms with van der Waals surface area (Å²) in [6, 6.07) is 9.68. The van der Waals surface area contributed by atoms with Crippen LogP contribution in [-0.4, -0.2) is 44.5 Å². The highest BCUT2D eigenvalue weighted by Gasteiger charge is 2.37. The van der Waals surface area contributed by atoms with Crippen molar-refractivity contribution in [3.63, 3.8) is 0 Å². The number of para-hydroxylation sites is 1. The van der Waals surface area contributed by atoms with E-state index in [1.54, 1.807) is 41.3 Å². The molecule has 2 unspecified atom stereocenters. The van der Waals surface area contributed by atoms with Crippen LogP contribution in [0.5, 0.6) is 17.2 Å². The molecule has 2 amide bonds. The summed E-state index contributed by atoms with van der Waals surface area (Å²) in [5, 5.41) is 12.4. The van der Waals surface area contributed by atoms with Crippen molar-refractivity contribution < 1.29 is 28.9 Å². The number of rotatable bonds is 5. The predicted octanol–water partition coefficient (Wildman–Crippen LogP) is 3.71. The van der Waals surface area contributed by atoms with Gasteiger partial charge in [-0.15, -0.1) is 0 Å². The summed E-state index contributed by atoms with van der Waals surface area (Å²) in [5.74, 6) is -0.283. The SMILES string of the molecule is COc1cc(NC(=O)N2c3ccccc3C(C(=O)O)CC2C)cc(OC)c1OC. The van der Waals surface area contributed by atoms with E-state index in [1.807, 2.05) is 6.92 Å².